The van der Waals surface area contributed by atoms with Crippen LogP contribution in [0.2, 0.25) is 0 Å². The molecule has 0 aromatic rings. The van der Waals surface area contributed by atoms with Crippen LogP contribution < -0.4 is 0 Å². The quantitative estimate of drug-likeness (QED) is 0.664. The van der Waals surface area contributed by atoms with Crippen LogP contribution in [0.25, 0.3) is 0 Å². The van der Waals surface area contributed by atoms with Crippen LogP contribution in [0.5, 0.6) is 0 Å². The molecule has 0 heterocycles. The molecule has 0 saturated carbocycles. The monoisotopic (exact) mass is 221 g/mol. The summed E-state index contributed by atoms with van der Waals surface area (Å²) in [6, 6.07) is 0. The molecular weight excluding hydrogens is 210 g/mol. The Morgan fingerprint density at radius 3 is 2.55 bits per heavy atom. The van der Waals surface area contributed by atoms with E-state index in [-0.39, 0.29) is 5.97 Å². The Balaban J connectivity index is 3.60. The highest BCUT2D eigenvalue weighted by Gasteiger charge is 2.05. The van der Waals surface area contributed by atoms with Crippen molar-refractivity contribution in [3.63, 3.8) is 0 Å². The lowest BCUT2D eigenvalue weighted by molar-refractivity contribution is -0.141. The average Bonchev–Trinajstić information content (AvgIpc) is 1.85. The highest BCUT2D eigenvalue weighted by molar-refractivity contribution is 9.11. The van der Waals surface area contributed by atoms with Crippen LogP contribution in [0.15, 0.2) is 11.1 Å². The van der Waals surface area contributed by atoms with E-state index < -0.39 is 0 Å². The van der Waals surface area contributed by atoms with Gasteiger partial charge < -0.3 is 4.74 Å². The van der Waals surface area contributed by atoms with Crippen LogP contribution in [-0.4, -0.2) is 38.1 Å². The van der Waals surface area contributed by atoms with Crippen molar-refractivity contribution in [3.05, 3.63) is 11.1 Å². The zero-order valence-electron chi connectivity index (χ0n) is 6.76. The Hall–Kier alpha value is -0.350. The molecule has 0 unspecified atom stereocenters. The lowest BCUT2D eigenvalue weighted by Gasteiger charge is -2.13. The van der Waals surface area contributed by atoms with E-state index in [1.165, 1.54) is 7.11 Å². The summed E-state index contributed by atoms with van der Waals surface area (Å²) >= 11 is 3.20. The molecule has 0 bridgehead atoms. The van der Waals surface area contributed by atoms with E-state index in [2.05, 4.69) is 27.2 Å². The van der Waals surface area contributed by atoms with Gasteiger partial charge >= 0.3 is 5.97 Å². The van der Waals surface area contributed by atoms with E-state index in [0.29, 0.717) is 13.1 Å². The van der Waals surface area contributed by atoms with Gasteiger partial charge in [-0.05, 0) is 7.05 Å². The van der Waals surface area contributed by atoms with Crippen molar-refractivity contribution in [1.82, 2.24) is 4.90 Å². The molecule has 0 atom stereocenters. The summed E-state index contributed by atoms with van der Waals surface area (Å²) in [7, 11) is 3.20. The summed E-state index contributed by atoms with van der Waals surface area (Å²) in [6.07, 6.45) is 0. The normalized spacial score (nSPS) is 9.82. The van der Waals surface area contributed by atoms with Crippen molar-refractivity contribution in [2.24, 2.45) is 0 Å². The van der Waals surface area contributed by atoms with Crippen molar-refractivity contribution in [2.75, 3.05) is 27.2 Å². The lowest BCUT2D eigenvalue weighted by Crippen LogP contribution is -2.27. The van der Waals surface area contributed by atoms with Crippen molar-refractivity contribution < 1.29 is 9.53 Å². The number of carbonyl (C=O) groups excluding carboxylic acids is 1. The van der Waals surface area contributed by atoms with Crippen LogP contribution in [0.4, 0.5) is 0 Å². The second kappa shape index (κ2) is 5.32. The molecule has 0 aliphatic rings. The maximum absolute atomic E-state index is 10.7. The van der Waals surface area contributed by atoms with Gasteiger partial charge in [-0.15, -0.1) is 0 Å². The molecule has 0 N–H and O–H groups in total. The number of nitrogens with zero attached hydrogens (tertiary/aromatic N) is 1. The number of hydrogen-bond donors (Lipinski definition) is 0. The SMILES string of the molecule is C=C(Br)CN(C)CC(=O)OC. The topological polar surface area (TPSA) is 29.5 Å². The minimum absolute atomic E-state index is 0.235. The van der Waals surface area contributed by atoms with Gasteiger partial charge in [0.2, 0.25) is 0 Å². The fourth-order valence-corrected chi connectivity index (χ4v) is 1.06. The molecule has 0 aromatic carbocycles. The highest BCUT2D eigenvalue weighted by Crippen LogP contribution is 2.01. The minimum Gasteiger partial charge on any atom is -0.468 e. The van der Waals surface area contributed by atoms with Gasteiger partial charge in [-0.3, -0.25) is 9.69 Å². The minimum atomic E-state index is -0.235. The van der Waals surface area contributed by atoms with E-state index in [0.717, 1.165) is 4.48 Å². The molecule has 0 radical (unpaired) electrons. The molecule has 0 fully saturated rings. The summed E-state index contributed by atoms with van der Waals surface area (Å²) < 4.78 is 5.33. The molecule has 0 aliphatic carbocycles. The molecule has 0 amide bonds. The Bertz CT molecular complexity index is 159. The number of esters is 1. The van der Waals surface area contributed by atoms with Crippen LogP contribution in [-0.2, 0) is 9.53 Å². The number of hydrogen-bond acceptors (Lipinski definition) is 3. The molecule has 64 valence electrons. The first-order chi connectivity index (χ1) is 5.06. The molecular formula is C7H12BrNO2. The second-order valence-electron chi connectivity index (χ2n) is 2.27. The number of carbonyl (C=O) groups is 1. The van der Waals surface area contributed by atoms with E-state index >= 15 is 0 Å². The van der Waals surface area contributed by atoms with Gasteiger partial charge in [0.15, 0.2) is 0 Å². The third-order valence-electron chi connectivity index (χ3n) is 1.07. The molecule has 11 heavy (non-hydrogen) atoms. The summed E-state index contributed by atoms with van der Waals surface area (Å²) in [4.78, 5) is 12.5. The van der Waals surface area contributed by atoms with Crippen LogP contribution in [0.1, 0.15) is 0 Å². The third kappa shape index (κ3) is 6.06. The van der Waals surface area contributed by atoms with Gasteiger partial charge in [0.25, 0.3) is 0 Å². The zero-order valence-corrected chi connectivity index (χ0v) is 8.35. The summed E-state index contributed by atoms with van der Waals surface area (Å²) in [5.41, 5.74) is 0. The fraction of sp³-hybridized carbons (Fsp3) is 0.571. The second-order valence-corrected chi connectivity index (χ2v) is 3.39. The lowest BCUT2D eigenvalue weighted by atomic mass is 10.5. The van der Waals surface area contributed by atoms with Crippen LogP contribution in [0, 0.1) is 0 Å². The molecule has 0 aliphatic heterocycles. The van der Waals surface area contributed by atoms with Gasteiger partial charge in [-0.25, -0.2) is 0 Å². The molecule has 4 heteroatoms. The van der Waals surface area contributed by atoms with Crippen LogP contribution >= 0.6 is 15.9 Å². The van der Waals surface area contributed by atoms with Crippen molar-refractivity contribution in [3.8, 4) is 0 Å². The first kappa shape index (κ1) is 10.7. The van der Waals surface area contributed by atoms with E-state index in [4.69, 9.17) is 0 Å². The standard InChI is InChI=1S/C7H12BrNO2/c1-6(8)4-9(2)5-7(10)11-3/h1,4-5H2,2-3H3. The highest BCUT2D eigenvalue weighted by atomic mass is 79.9. The molecule has 0 saturated heterocycles. The van der Waals surface area contributed by atoms with Gasteiger partial charge in [0.1, 0.15) is 0 Å². The first-order valence-corrected chi connectivity index (χ1v) is 3.94. The van der Waals surface area contributed by atoms with Crippen molar-refractivity contribution in [2.45, 2.75) is 0 Å². The van der Waals surface area contributed by atoms with Crippen molar-refractivity contribution in [1.29, 1.82) is 0 Å². The smallest absolute Gasteiger partial charge is 0.319 e. The van der Waals surface area contributed by atoms with Gasteiger partial charge in [-0.1, -0.05) is 22.5 Å². The summed E-state index contributed by atoms with van der Waals surface area (Å²) in [5.74, 6) is -0.235. The third-order valence-corrected chi connectivity index (χ3v) is 1.32. The van der Waals surface area contributed by atoms with Crippen molar-refractivity contribution >= 4 is 21.9 Å². The Kier molecular flexibility index (Phi) is 5.15. The van der Waals surface area contributed by atoms with Gasteiger partial charge in [0, 0.05) is 11.0 Å². The summed E-state index contributed by atoms with van der Waals surface area (Å²) in [5, 5.41) is 0. The van der Waals surface area contributed by atoms with Crippen LogP contribution in [0.3, 0.4) is 0 Å². The first-order valence-electron chi connectivity index (χ1n) is 3.15. The molecule has 0 rings (SSSR count). The van der Waals surface area contributed by atoms with Gasteiger partial charge in [0.05, 0.1) is 13.7 Å². The zero-order chi connectivity index (χ0) is 8.85. The maximum atomic E-state index is 10.7. The van der Waals surface area contributed by atoms with E-state index in [9.17, 15) is 4.79 Å². The number of likely N-dealkylation sites (N-methyl/N-ethyl adjacent to an activating group) is 1. The summed E-state index contributed by atoms with van der Waals surface area (Å²) in [6.45, 7) is 4.59. The Morgan fingerprint density at radius 2 is 2.18 bits per heavy atom. The Labute approximate surface area is 75.1 Å². The number of ether oxygens (including phenoxy) is 1. The van der Waals surface area contributed by atoms with E-state index in [1.54, 1.807) is 0 Å². The largest absolute Gasteiger partial charge is 0.468 e. The molecule has 3 nitrogen and oxygen atoms in total. The average molecular weight is 222 g/mol. The fourth-order valence-electron chi connectivity index (χ4n) is 0.634. The number of methoxy groups -OCH3 is 1. The number of halogens is 1. The molecule has 0 aromatic heterocycles. The maximum Gasteiger partial charge on any atom is 0.319 e. The van der Waals surface area contributed by atoms with E-state index in [1.807, 2.05) is 11.9 Å². The predicted octanol–water partition coefficient (Wildman–Crippen LogP) is 1.000. The molecule has 0 spiro atoms. The predicted molar refractivity (Wildman–Crippen MR) is 47.6 cm³/mol. The Morgan fingerprint density at radius 1 is 1.64 bits per heavy atom. The number of rotatable bonds is 4. The van der Waals surface area contributed by atoms with Gasteiger partial charge in [-0.2, -0.15) is 0 Å².